The highest BCUT2D eigenvalue weighted by atomic mass is 35.5. The molecule has 3 heteroatoms. The molecular weight excluding hydrogens is 277 g/mol. The summed E-state index contributed by atoms with van der Waals surface area (Å²) >= 11 is 12.2. The fraction of sp³-hybridized carbons (Fsp3) is 0.250. The normalized spacial score (nSPS) is 12.5. The van der Waals surface area contributed by atoms with Crippen LogP contribution in [-0.4, -0.2) is 7.05 Å². The SMILES string of the molecule is CNC(c1cc(C)cc(C)c1)c1cc(Cl)cc(Cl)c1. The molecule has 0 aliphatic carbocycles. The van der Waals surface area contributed by atoms with E-state index in [0.717, 1.165) is 5.56 Å². The number of rotatable bonds is 3. The molecule has 1 nitrogen and oxygen atoms in total. The van der Waals surface area contributed by atoms with Crippen LogP contribution < -0.4 is 5.32 Å². The molecule has 1 unspecified atom stereocenters. The van der Waals surface area contributed by atoms with Crippen LogP contribution in [0.25, 0.3) is 0 Å². The van der Waals surface area contributed by atoms with Crippen molar-refractivity contribution in [1.82, 2.24) is 5.32 Å². The lowest BCUT2D eigenvalue weighted by atomic mass is 9.96. The van der Waals surface area contributed by atoms with Crippen LogP contribution in [0.4, 0.5) is 0 Å². The van der Waals surface area contributed by atoms with Crippen molar-refractivity contribution in [3.8, 4) is 0 Å². The molecule has 2 aromatic rings. The van der Waals surface area contributed by atoms with Gasteiger partial charge in [0, 0.05) is 10.0 Å². The van der Waals surface area contributed by atoms with Crippen molar-refractivity contribution in [2.75, 3.05) is 7.05 Å². The summed E-state index contributed by atoms with van der Waals surface area (Å²) in [5, 5.41) is 4.64. The molecule has 0 radical (unpaired) electrons. The Morgan fingerprint density at radius 1 is 0.789 bits per heavy atom. The van der Waals surface area contributed by atoms with Gasteiger partial charge in [0.25, 0.3) is 0 Å². The van der Waals surface area contributed by atoms with Crippen molar-refractivity contribution in [2.24, 2.45) is 0 Å². The number of hydrogen-bond donors (Lipinski definition) is 1. The zero-order valence-corrected chi connectivity index (χ0v) is 12.8. The highest BCUT2D eigenvalue weighted by Gasteiger charge is 2.14. The standard InChI is InChI=1S/C16H17Cl2N/c1-10-4-11(2)6-12(5-10)16(19-3)13-7-14(17)9-15(18)8-13/h4-9,16,19H,1-3H3. The highest BCUT2D eigenvalue weighted by molar-refractivity contribution is 6.34. The first-order valence-electron chi connectivity index (χ1n) is 6.21. The lowest BCUT2D eigenvalue weighted by Crippen LogP contribution is -2.18. The van der Waals surface area contributed by atoms with Crippen molar-refractivity contribution in [1.29, 1.82) is 0 Å². The molecule has 1 N–H and O–H groups in total. The molecule has 2 rings (SSSR count). The Hall–Kier alpha value is -1.02. The third-order valence-electron chi connectivity index (χ3n) is 3.08. The summed E-state index contributed by atoms with van der Waals surface area (Å²) in [7, 11) is 1.94. The van der Waals surface area contributed by atoms with Gasteiger partial charge in [-0.25, -0.2) is 0 Å². The van der Waals surface area contributed by atoms with Crippen LogP contribution in [0.2, 0.25) is 10.0 Å². The number of hydrogen-bond acceptors (Lipinski definition) is 1. The number of aryl methyl sites for hydroxylation is 2. The van der Waals surface area contributed by atoms with Gasteiger partial charge in [0.2, 0.25) is 0 Å². The van der Waals surface area contributed by atoms with Gasteiger partial charge < -0.3 is 5.32 Å². The van der Waals surface area contributed by atoms with Gasteiger partial charge in [-0.15, -0.1) is 0 Å². The molecule has 0 amide bonds. The fourth-order valence-electron chi connectivity index (χ4n) is 2.44. The van der Waals surface area contributed by atoms with Crippen LogP contribution >= 0.6 is 23.2 Å². The first-order valence-corrected chi connectivity index (χ1v) is 6.96. The van der Waals surface area contributed by atoms with Crippen molar-refractivity contribution in [2.45, 2.75) is 19.9 Å². The summed E-state index contributed by atoms with van der Waals surface area (Å²) in [5.74, 6) is 0. The molecule has 0 saturated carbocycles. The minimum Gasteiger partial charge on any atom is -0.309 e. The third-order valence-corrected chi connectivity index (χ3v) is 3.52. The lowest BCUT2D eigenvalue weighted by molar-refractivity contribution is 0.691. The maximum absolute atomic E-state index is 6.09. The smallest absolute Gasteiger partial charge is 0.0575 e. The Kier molecular flexibility index (Phi) is 4.51. The number of halogens is 2. The van der Waals surface area contributed by atoms with Crippen molar-refractivity contribution < 1.29 is 0 Å². The van der Waals surface area contributed by atoms with Gasteiger partial charge >= 0.3 is 0 Å². The Balaban J connectivity index is 2.49. The van der Waals surface area contributed by atoms with E-state index in [1.165, 1.54) is 16.7 Å². The second-order valence-corrected chi connectivity index (χ2v) is 5.72. The Labute approximate surface area is 124 Å². The van der Waals surface area contributed by atoms with Gasteiger partial charge in [-0.3, -0.25) is 0 Å². The van der Waals surface area contributed by atoms with Crippen molar-refractivity contribution in [3.05, 3.63) is 68.7 Å². The second kappa shape index (κ2) is 5.96. The zero-order chi connectivity index (χ0) is 14.0. The third kappa shape index (κ3) is 3.50. The Bertz CT molecular complexity index is 501. The van der Waals surface area contributed by atoms with E-state index in [0.29, 0.717) is 10.0 Å². The summed E-state index contributed by atoms with van der Waals surface area (Å²) < 4.78 is 0. The summed E-state index contributed by atoms with van der Waals surface area (Å²) in [6, 6.07) is 12.3. The van der Waals surface area contributed by atoms with E-state index >= 15 is 0 Å². The van der Waals surface area contributed by atoms with E-state index in [4.69, 9.17) is 23.2 Å². The number of nitrogens with one attached hydrogen (secondary N) is 1. The summed E-state index contributed by atoms with van der Waals surface area (Å²) in [6.07, 6.45) is 0. The summed E-state index contributed by atoms with van der Waals surface area (Å²) in [5.41, 5.74) is 4.80. The van der Waals surface area contributed by atoms with Crippen molar-refractivity contribution in [3.63, 3.8) is 0 Å². The number of benzene rings is 2. The Morgan fingerprint density at radius 2 is 1.26 bits per heavy atom. The molecule has 0 aromatic heterocycles. The molecule has 19 heavy (non-hydrogen) atoms. The minimum absolute atomic E-state index is 0.0924. The predicted molar refractivity (Wildman–Crippen MR) is 83.3 cm³/mol. The molecule has 0 bridgehead atoms. The summed E-state index contributed by atoms with van der Waals surface area (Å²) in [6.45, 7) is 4.21. The van der Waals surface area contributed by atoms with Gasteiger partial charge in [-0.05, 0) is 50.2 Å². The van der Waals surface area contributed by atoms with E-state index in [-0.39, 0.29) is 6.04 Å². The maximum Gasteiger partial charge on any atom is 0.0575 e. The predicted octanol–water partition coefficient (Wildman–Crippen LogP) is 4.92. The molecule has 0 spiro atoms. The monoisotopic (exact) mass is 293 g/mol. The van der Waals surface area contributed by atoms with Gasteiger partial charge in [-0.1, -0.05) is 52.5 Å². The first kappa shape index (κ1) is 14.4. The van der Waals surface area contributed by atoms with Crippen LogP contribution in [0.5, 0.6) is 0 Å². The van der Waals surface area contributed by atoms with Crippen LogP contribution in [0, 0.1) is 13.8 Å². The molecule has 2 aromatic carbocycles. The Morgan fingerprint density at radius 3 is 1.74 bits per heavy atom. The first-order chi connectivity index (χ1) is 8.99. The fourth-order valence-corrected chi connectivity index (χ4v) is 2.99. The lowest BCUT2D eigenvalue weighted by Gasteiger charge is -2.19. The molecule has 0 fully saturated rings. The van der Waals surface area contributed by atoms with E-state index in [1.54, 1.807) is 6.07 Å². The van der Waals surface area contributed by atoms with E-state index in [2.05, 4.69) is 37.4 Å². The maximum atomic E-state index is 6.09. The molecule has 0 heterocycles. The largest absolute Gasteiger partial charge is 0.309 e. The average molecular weight is 294 g/mol. The van der Waals surface area contributed by atoms with Gasteiger partial charge in [0.05, 0.1) is 6.04 Å². The molecular formula is C16H17Cl2N. The summed E-state index contributed by atoms with van der Waals surface area (Å²) in [4.78, 5) is 0. The topological polar surface area (TPSA) is 12.0 Å². The quantitative estimate of drug-likeness (QED) is 0.847. The van der Waals surface area contributed by atoms with E-state index in [1.807, 2.05) is 19.2 Å². The highest BCUT2D eigenvalue weighted by Crippen LogP contribution is 2.28. The van der Waals surface area contributed by atoms with Gasteiger partial charge in [0.1, 0.15) is 0 Å². The molecule has 100 valence electrons. The van der Waals surface area contributed by atoms with Crippen LogP contribution in [0.1, 0.15) is 28.3 Å². The van der Waals surface area contributed by atoms with E-state index < -0.39 is 0 Å². The second-order valence-electron chi connectivity index (χ2n) is 4.85. The van der Waals surface area contributed by atoms with Gasteiger partial charge in [-0.2, -0.15) is 0 Å². The van der Waals surface area contributed by atoms with Crippen LogP contribution in [0.15, 0.2) is 36.4 Å². The van der Waals surface area contributed by atoms with Crippen molar-refractivity contribution >= 4 is 23.2 Å². The molecule has 0 aliphatic rings. The zero-order valence-electron chi connectivity index (χ0n) is 11.3. The molecule has 0 saturated heterocycles. The molecule has 1 atom stereocenters. The van der Waals surface area contributed by atoms with Crippen LogP contribution in [-0.2, 0) is 0 Å². The van der Waals surface area contributed by atoms with Gasteiger partial charge in [0.15, 0.2) is 0 Å². The molecule has 0 aliphatic heterocycles. The minimum atomic E-state index is 0.0924. The average Bonchev–Trinajstić information content (AvgIpc) is 2.27. The van der Waals surface area contributed by atoms with E-state index in [9.17, 15) is 0 Å². The van der Waals surface area contributed by atoms with Crippen LogP contribution in [0.3, 0.4) is 0 Å².